The summed E-state index contributed by atoms with van der Waals surface area (Å²) in [5.41, 5.74) is 4.93. The lowest BCUT2D eigenvalue weighted by atomic mass is 10.2. The Bertz CT molecular complexity index is 740. The third-order valence-corrected chi connectivity index (χ3v) is 3.45. The molecule has 24 heavy (non-hydrogen) atoms. The zero-order valence-corrected chi connectivity index (χ0v) is 14.6. The highest BCUT2D eigenvalue weighted by molar-refractivity contribution is 9.10. The number of rotatable bonds is 5. The van der Waals surface area contributed by atoms with Gasteiger partial charge in [-0.3, -0.25) is 25.4 Å². The monoisotopic (exact) mass is 394 g/mol. The molecule has 2 amide bonds. The van der Waals surface area contributed by atoms with Gasteiger partial charge in [0.2, 0.25) is 0 Å². The first kappa shape index (κ1) is 17.7. The van der Waals surface area contributed by atoms with Crippen molar-refractivity contribution in [1.29, 1.82) is 0 Å². The van der Waals surface area contributed by atoms with Crippen LogP contribution >= 0.6 is 15.9 Å². The number of methoxy groups -OCH3 is 1. The second-order valence-electron chi connectivity index (χ2n) is 4.42. The Morgan fingerprint density at radius 1 is 1.21 bits per heavy atom. The van der Waals surface area contributed by atoms with Crippen LogP contribution in [0.2, 0.25) is 0 Å². The summed E-state index contributed by atoms with van der Waals surface area (Å²) in [5, 5.41) is 0. The van der Waals surface area contributed by atoms with E-state index in [0.717, 1.165) is 0 Å². The Morgan fingerprint density at radius 3 is 2.58 bits per heavy atom. The molecule has 0 bridgehead atoms. The molecule has 2 aromatic rings. The molecule has 0 aliphatic heterocycles. The van der Waals surface area contributed by atoms with E-state index in [2.05, 4.69) is 36.7 Å². The molecule has 0 saturated heterocycles. The molecule has 2 N–H and O–H groups in total. The minimum absolute atomic E-state index is 0.0863. The van der Waals surface area contributed by atoms with Crippen molar-refractivity contribution in [2.75, 3.05) is 13.7 Å². The number of aromatic nitrogens is 2. The van der Waals surface area contributed by atoms with E-state index in [1.165, 1.54) is 31.8 Å². The molecule has 0 aliphatic rings. The van der Waals surface area contributed by atoms with Gasteiger partial charge in [-0.25, -0.2) is 4.98 Å². The van der Waals surface area contributed by atoms with E-state index in [1.54, 1.807) is 6.07 Å². The summed E-state index contributed by atoms with van der Waals surface area (Å²) in [7, 11) is 1.47. The van der Waals surface area contributed by atoms with Gasteiger partial charge in [0.25, 0.3) is 11.8 Å². The molecule has 0 unspecified atom stereocenters. The SMILES string of the molecule is CCOc1c(Br)cc(C(=O)NNC(=O)c2cnccn2)cc1OC. The summed E-state index contributed by atoms with van der Waals surface area (Å²) in [6.07, 6.45) is 4.11. The van der Waals surface area contributed by atoms with Gasteiger partial charge >= 0.3 is 0 Å². The molecule has 0 atom stereocenters. The Balaban J connectivity index is 2.10. The van der Waals surface area contributed by atoms with Crippen LogP contribution in [-0.2, 0) is 0 Å². The summed E-state index contributed by atoms with van der Waals surface area (Å²) in [6, 6.07) is 3.08. The first-order valence-electron chi connectivity index (χ1n) is 6.93. The number of carbonyl (C=O) groups is 2. The maximum Gasteiger partial charge on any atom is 0.289 e. The summed E-state index contributed by atoms with van der Waals surface area (Å²) < 4.78 is 11.2. The second kappa shape index (κ2) is 8.25. The molecule has 0 spiro atoms. The molecule has 126 valence electrons. The van der Waals surface area contributed by atoms with Gasteiger partial charge in [0.1, 0.15) is 5.69 Å². The molecule has 0 radical (unpaired) electrons. The smallest absolute Gasteiger partial charge is 0.289 e. The summed E-state index contributed by atoms with van der Waals surface area (Å²) in [4.78, 5) is 31.6. The summed E-state index contributed by atoms with van der Waals surface area (Å²) in [6.45, 7) is 2.29. The molecule has 0 fully saturated rings. The van der Waals surface area contributed by atoms with Gasteiger partial charge in [-0.1, -0.05) is 0 Å². The van der Waals surface area contributed by atoms with Gasteiger partial charge in [0, 0.05) is 18.0 Å². The van der Waals surface area contributed by atoms with Crippen molar-refractivity contribution in [2.24, 2.45) is 0 Å². The van der Waals surface area contributed by atoms with E-state index in [1.807, 2.05) is 6.92 Å². The van der Waals surface area contributed by atoms with Crippen LogP contribution < -0.4 is 20.3 Å². The largest absolute Gasteiger partial charge is 0.493 e. The fraction of sp³-hybridized carbons (Fsp3) is 0.200. The number of ether oxygens (including phenoxy) is 2. The molecule has 9 heteroatoms. The molecule has 2 rings (SSSR count). The number of hydrogen-bond acceptors (Lipinski definition) is 6. The lowest BCUT2D eigenvalue weighted by molar-refractivity contribution is 0.0843. The Labute approximate surface area is 146 Å². The highest BCUT2D eigenvalue weighted by atomic mass is 79.9. The number of hydrogen-bond donors (Lipinski definition) is 2. The molecule has 1 aromatic carbocycles. The van der Waals surface area contributed by atoms with E-state index in [0.29, 0.717) is 22.6 Å². The topological polar surface area (TPSA) is 102 Å². The Kier molecular flexibility index (Phi) is 6.07. The Morgan fingerprint density at radius 2 is 1.96 bits per heavy atom. The molecular formula is C15H15BrN4O4. The maximum atomic E-state index is 12.2. The van der Waals surface area contributed by atoms with Crippen LogP contribution in [0.3, 0.4) is 0 Å². The van der Waals surface area contributed by atoms with Crippen molar-refractivity contribution >= 4 is 27.7 Å². The second-order valence-corrected chi connectivity index (χ2v) is 5.28. The predicted octanol–water partition coefficient (Wildman–Crippen LogP) is 1.72. The standard InChI is InChI=1S/C15H15BrN4O4/c1-3-24-13-10(16)6-9(7-12(13)23-2)14(21)19-20-15(22)11-8-17-4-5-18-11/h4-8H,3H2,1-2H3,(H,19,21)(H,20,22). The van der Waals surface area contributed by atoms with Crippen molar-refractivity contribution in [3.63, 3.8) is 0 Å². The number of carbonyl (C=O) groups excluding carboxylic acids is 2. The van der Waals surface area contributed by atoms with Gasteiger partial charge in [-0.2, -0.15) is 0 Å². The first-order chi connectivity index (χ1) is 11.6. The maximum absolute atomic E-state index is 12.2. The number of nitrogens with one attached hydrogen (secondary N) is 2. The third-order valence-electron chi connectivity index (χ3n) is 2.87. The zero-order chi connectivity index (χ0) is 17.5. The van der Waals surface area contributed by atoms with Crippen LogP contribution in [0, 0.1) is 0 Å². The lowest BCUT2D eigenvalue weighted by Gasteiger charge is -2.13. The number of nitrogens with zero attached hydrogens (tertiary/aromatic N) is 2. The normalized spacial score (nSPS) is 9.96. The van der Waals surface area contributed by atoms with E-state index >= 15 is 0 Å². The fourth-order valence-electron chi connectivity index (χ4n) is 1.80. The van der Waals surface area contributed by atoms with E-state index in [-0.39, 0.29) is 11.3 Å². The molecule has 0 saturated carbocycles. The van der Waals surface area contributed by atoms with Crippen LogP contribution in [0.4, 0.5) is 0 Å². The lowest BCUT2D eigenvalue weighted by Crippen LogP contribution is -2.42. The number of amides is 2. The van der Waals surface area contributed by atoms with Gasteiger partial charge < -0.3 is 9.47 Å². The fourth-order valence-corrected chi connectivity index (χ4v) is 2.36. The van der Waals surface area contributed by atoms with Crippen LogP contribution in [0.15, 0.2) is 35.2 Å². The Hall–Kier alpha value is -2.68. The van der Waals surface area contributed by atoms with E-state index < -0.39 is 11.8 Å². The van der Waals surface area contributed by atoms with Crippen molar-refractivity contribution in [2.45, 2.75) is 6.92 Å². The van der Waals surface area contributed by atoms with Gasteiger partial charge in [-0.15, -0.1) is 0 Å². The number of hydrazine groups is 1. The average Bonchev–Trinajstić information content (AvgIpc) is 2.61. The molecule has 0 aliphatic carbocycles. The van der Waals surface area contributed by atoms with Crippen molar-refractivity contribution in [3.05, 3.63) is 46.5 Å². The van der Waals surface area contributed by atoms with Crippen LogP contribution in [-0.4, -0.2) is 35.5 Å². The minimum Gasteiger partial charge on any atom is -0.493 e. The average molecular weight is 395 g/mol. The number of halogens is 1. The third kappa shape index (κ3) is 4.19. The van der Waals surface area contributed by atoms with E-state index in [9.17, 15) is 9.59 Å². The minimum atomic E-state index is -0.576. The van der Waals surface area contributed by atoms with Gasteiger partial charge in [0.15, 0.2) is 11.5 Å². The van der Waals surface area contributed by atoms with Crippen molar-refractivity contribution in [3.8, 4) is 11.5 Å². The molecule has 8 nitrogen and oxygen atoms in total. The first-order valence-corrected chi connectivity index (χ1v) is 7.73. The highest BCUT2D eigenvalue weighted by Gasteiger charge is 2.16. The molecular weight excluding hydrogens is 380 g/mol. The predicted molar refractivity (Wildman–Crippen MR) is 88.8 cm³/mol. The summed E-state index contributed by atoms with van der Waals surface area (Å²) >= 11 is 3.33. The summed E-state index contributed by atoms with van der Waals surface area (Å²) in [5.74, 6) is -0.195. The molecule has 1 heterocycles. The zero-order valence-electron chi connectivity index (χ0n) is 13.0. The van der Waals surface area contributed by atoms with Gasteiger partial charge in [0.05, 0.1) is 24.4 Å². The van der Waals surface area contributed by atoms with Crippen molar-refractivity contribution in [1.82, 2.24) is 20.8 Å². The van der Waals surface area contributed by atoms with Crippen molar-refractivity contribution < 1.29 is 19.1 Å². The number of benzene rings is 1. The van der Waals surface area contributed by atoms with Crippen LogP contribution in [0.25, 0.3) is 0 Å². The molecule has 1 aromatic heterocycles. The van der Waals surface area contributed by atoms with Gasteiger partial charge in [-0.05, 0) is 35.0 Å². The van der Waals surface area contributed by atoms with Crippen LogP contribution in [0.1, 0.15) is 27.8 Å². The highest BCUT2D eigenvalue weighted by Crippen LogP contribution is 2.36. The van der Waals surface area contributed by atoms with Crippen LogP contribution in [0.5, 0.6) is 11.5 Å². The van der Waals surface area contributed by atoms with E-state index in [4.69, 9.17) is 9.47 Å². The quantitative estimate of drug-likeness (QED) is 0.748.